The number of anilines is 1. The lowest BCUT2D eigenvalue weighted by Crippen LogP contribution is -2.38. The number of carbonyl (C=O) groups is 2. The first kappa shape index (κ1) is 20.9. The van der Waals surface area contributed by atoms with Gasteiger partial charge >= 0.3 is 0 Å². The van der Waals surface area contributed by atoms with Crippen LogP contribution in [0.25, 0.3) is 0 Å². The Labute approximate surface area is 173 Å². The minimum atomic E-state index is -0.255. The van der Waals surface area contributed by atoms with Crippen LogP contribution in [0.1, 0.15) is 38.7 Å². The first-order valence-corrected chi connectivity index (χ1v) is 10.5. The van der Waals surface area contributed by atoms with Crippen molar-refractivity contribution in [2.45, 2.75) is 39.7 Å². The highest BCUT2D eigenvalue weighted by Gasteiger charge is 2.36. The lowest BCUT2D eigenvalue weighted by molar-refractivity contribution is -0.135. The summed E-state index contributed by atoms with van der Waals surface area (Å²) in [5, 5.41) is 0. The SMILES string of the molecule is CCCN(CCC)C(=O)C1CC(=O)N(c2ccc(OCc3ccccc3)cc2)C1. The highest BCUT2D eigenvalue weighted by atomic mass is 16.5. The number of amides is 2. The molecule has 5 heteroatoms. The van der Waals surface area contributed by atoms with Crippen molar-refractivity contribution in [3.63, 3.8) is 0 Å². The molecule has 1 heterocycles. The van der Waals surface area contributed by atoms with E-state index in [4.69, 9.17) is 4.74 Å². The molecular formula is C24H30N2O3. The van der Waals surface area contributed by atoms with E-state index in [0.717, 1.165) is 42.9 Å². The van der Waals surface area contributed by atoms with E-state index in [2.05, 4.69) is 13.8 Å². The maximum Gasteiger partial charge on any atom is 0.228 e. The monoisotopic (exact) mass is 394 g/mol. The highest BCUT2D eigenvalue weighted by molar-refractivity contribution is 6.00. The van der Waals surface area contributed by atoms with Gasteiger partial charge in [-0.1, -0.05) is 44.2 Å². The molecular weight excluding hydrogens is 364 g/mol. The Morgan fingerprint density at radius 1 is 1.03 bits per heavy atom. The van der Waals surface area contributed by atoms with Crippen LogP contribution in [0.5, 0.6) is 5.75 Å². The fraction of sp³-hybridized carbons (Fsp3) is 0.417. The van der Waals surface area contributed by atoms with Gasteiger partial charge in [-0.25, -0.2) is 0 Å². The van der Waals surface area contributed by atoms with Gasteiger partial charge < -0.3 is 14.5 Å². The van der Waals surface area contributed by atoms with Gasteiger partial charge in [0.05, 0.1) is 5.92 Å². The van der Waals surface area contributed by atoms with Gasteiger partial charge in [0.1, 0.15) is 12.4 Å². The molecule has 0 saturated carbocycles. The fourth-order valence-electron chi connectivity index (χ4n) is 3.72. The van der Waals surface area contributed by atoms with Crippen molar-refractivity contribution in [1.29, 1.82) is 0 Å². The van der Waals surface area contributed by atoms with Crippen molar-refractivity contribution < 1.29 is 14.3 Å². The van der Waals surface area contributed by atoms with Crippen LogP contribution in [0.4, 0.5) is 5.69 Å². The standard InChI is InChI=1S/C24H30N2O3/c1-3-14-25(15-4-2)24(28)20-16-23(27)26(17-20)21-10-12-22(13-11-21)29-18-19-8-6-5-7-9-19/h5-13,20H,3-4,14-18H2,1-2H3. The number of rotatable bonds is 9. The van der Waals surface area contributed by atoms with Crippen LogP contribution in [0.3, 0.4) is 0 Å². The molecule has 0 radical (unpaired) electrons. The summed E-state index contributed by atoms with van der Waals surface area (Å²) in [6.07, 6.45) is 2.15. The molecule has 3 rings (SSSR count). The minimum Gasteiger partial charge on any atom is -0.489 e. The van der Waals surface area contributed by atoms with E-state index in [1.54, 1.807) is 4.90 Å². The number of nitrogens with zero attached hydrogens (tertiary/aromatic N) is 2. The molecule has 0 aromatic heterocycles. The van der Waals surface area contributed by atoms with E-state index < -0.39 is 0 Å². The second-order valence-electron chi connectivity index (χ2n) is 7.50. The second-order valence-corrected chi connectivity index (χ2v) is 7.50. The number of hydrogen-bond acceptors (Lipinski definition) is 3. The first-order valence-electron chi connectivity index (χ1n) is 10.5. The molecule has 154 valence electrons. The van der Waals surface area contributed by atoms with E-state index in [1.165, 1.54) is 0 Å². The van der Waals surface area contributed by atoms with Crippen LogP contribution in [0.2, 0.25) is 0 Å². The molecule has 0 bridgehead atoms. The quantitative estimate of drug-likeness (QED) is 0.638. The third kappa shape index (κ3) is 5.37. The van der Waals surface area contributed by atoms with Gasteiger partial charge in [-0.05, 0) is 42.7 Å². The third-order valence-corrected chi connectivity index (χ3v) is 5.17. The van der Waals surface area contributed by atoms with Gasteiger partial charge in [0.25, 0.3) is 0 Å². The van der Waals surface area contributed by atoms with Crippen LogP contribution in [-0.4, -0.2) is 36.3 Å². The first-order chi connectivity index (χ1) is 14.1. The summed E-state index contributed by atoms with van der Waals surface area (Å²) in [5.74, 6) is 0.616. The van der Waals surface area contributed by atoms with Crippen molar-refractivity contribution in [2.75, 3.05) is 24.5 Å². The van der Waals surface area contributed by atoms with E-state index in [9.17, 15) is 9.59 Å². The molecule has 5 nitrogen and oxygen atoms in total. The minimum absolute atomic E-state index is 0.00857. The van der Waals surface area contributed by atoms with Crippen molar-refractivity contribution in [3.8, 4) is 5.75 Å². The molecule has 0 aliphatic carbocycles. The smallest absolute Gasteiger partial charge is 0.228 e. The maximum atomic E-state index is 12.8. The predicted octanol–water partition coefficient (Wildman–Crippen LogP) is 4.27. The van der Waals surface area contributed by atoms with Gasteiger partial charge in [-0.2, -0.15) is 0 Å². The van der Waals surface area contributed by atoms with Gasteiger partial charge in [-0.3, -0.25) is 9.59 Å². The van der Waals surface area contributed by atoms with Crippen LogP contribution in [0, 0.1) is 5.92 Å². The lowest BCUT2D eigenvalue weighted by atomic mass is 10.1. The molecule has 1 unspecified atom stereocenters. The van der Waals surface area contributed by atoms with Crippen LogP contribution < -0.4 is 9.64 Å². The molecule has 29 heavy (non-hydrogen) atoms. The van der Waals surface area contributed by atoms with Crippen molar-refractivity contribution in [3.05, 3.63) is 60.2 Å². The molecule has 1 aliphatic heterocycles. The lowest BCUT2D eigenvalue weighted by Gasteiger charge is -2.24. The van der Waals surface area contributed by atoms with Crippen LogP contribution in [-0.2, 0) is 16.2 Å². The molecule has 0 spiro atoms. The average molecular weight is 395 g/mol. The summed E-state index contributed by atoms with van der Waals surface area (Å²) in [6.45, 7) is 6.61. The summed E-state index contributed by atoms with van der Waals surface area (Å²) in [6, 6.07) is 17.5. The highest BCUT2D eigenvalue weighted by Crippen LogP contribution is 2.28. The zero-order chi connectivity index (χ0) is 20.6. The fourth-order valence-corrected chi connectivity index (χ4v) is 3.72. The largest absolute Gasteiger partial charge is 0.489 e. The van der Waals surface area contributed by atoms with Crippen LogP contribution in [0.15, 0.2) is 54.6 Å². The Bertz CT molecular complexity index is 799. The van der Waals surface area contributed by atoms with E-state index in [-0.39, 0.29) is 24.2 Å². The summed E-state index contributed by atoms with van der Waals surface area (Å²) < 4.78 is 5.82. The summed E-state index contributed by atoms with van der Waals surface area (Å²) in [4.78, 5) is 29.0. The second kappa shape index (κ2) is 10.1. The molecule has 1 atom stereocenters. The summed E-state index contributed by atoms with van der Waals surface area (Å²) in [5.41, 5.74) is 1.92. The van der Waals surface area contributed by atoms with E-state index in [1.807, 2.05) is 59.5 Å². The van der Waals surface area contributed by atoms with Crippen molar-refractivity contribution in [1.82, 2.24) is 4.90 Å². The van der Waals surface area contributed by atoms with Gasteiger partial charge in [0.15, 0.2) is 0 Å². The number of benzene rings is 2. The Hall–Kier alpha value is -2.82. The third-order valence-electron chi connectivity index (χ3n) is 5.17. The normalized spacial score (nSPS) is 16.1. The molecule has 1 saturated heterocycles. The van der Waals surface area contributed by atoms with Crippen molar-refractivity contribution >= 4 is 17.5 Å². The molecule has 1 fully saturated rings. The van der Waals surface area contributed by atoms with Gasteiger partial charge in [0, 0.05) is 31.7 Å². The topological polar surface area (TPSA) is 49.9 Å². The Morgan fingerprint density at radius 2 is 1.69 bits per heavy atom. The average Bonchev–Trinajstić information content (AvgIpc) is 3.14. The zero-order valence-electron chi connectivity index (χ0n) is 17.3. The van der Waals surface area contributed by atoms with Crippen LogP contribution >= 0.6 is 0 Å². The Kier molecular flexibility index (Phi) is 7.28. The maximum absolute atomic E-state index is 12.8. The molecule has 1 aliphatic rings. The Morgan fingerprint density at radius 3 is 2.31 bits per heavy atom. The van der Waals surface area contributed by atoms with Gasteiger partial charge in [0.2, 0.25) is 11.8 Å². The van der Waals surface area contributed by atoms with Gasteiger partial charge in [-0.15, -0.1) is 0 Å². The molecule has 0 N–H and O–H groups in total. The number of hydrogen-bond donors (Lipinski definition) is 0. The zero-order valence-corrected chi connectivity index (χ0v) is 17.3. The summed E-state index contributed by atoms with van der Waals surface area (Å²) >= 11 is 0. The van der Waals surface area contributed by atoms with Crippen molar-refractivity contribution in [2.24, 2.45) is 5.92 Å². The number of ether oxygens (including phenoxy) is 1. The predicted molar refractivity (Wildman–Crippen MR) is 115 cm³/mol. The Balaban J connectivity index is 1.60. The summed E-state index contributed by atoms with van der Waals surface area (Å²) in [7, 11) is 0. The molecule has 2 amide bonds. The number of carbonyl (C=O) groups excluding carboxylic acids is 2. The molecule has 2 aromatic rings. The molecule has 2 aromatic carbocycles. The van der Waals surface area contributed by atoms with E-state index in [0.29, 0.717) is 13.2 Å². The van der Waals surface area contributed by atoms with E-state index >= 15 is 0 Å².